The monoisotopic (exact) mass is 301 g/mol. The predicted molar refractivity (Wildman–Crippen MR) is 70.7 cm³/mol. The largest absolute Gasteiger partial charge is 0.506 e. The van der Waals surface area contributed by atoms with E-state index in [2.05, 4.69) is 4.98 Å². The minimum absolute atomic E-state index is 0.0338. The van der Waals surface area contributed by atoms with Crippen molar-refractivity contribution in [1.82, 2.24) is 4.98 Å². The second-order valence-corrected chi connectivity index (χ2v) is 4.64. The van der Waals surface area contributed by atoms with Crippen LogP contribution in [0.5, 0.6) is 5.75 Å². The molecule has 0 unspecified atom stereocenters. The van der Waals surface area contributed by atoms with Crippen molar-refractivity contribution in [2.45, 2.75) is 19.5 Å². The lowest BCUT2D eigenvalue weighted by Gasteiger charge is -2.11. The maximum atomic E-state index is 12.8. The second-order valence-electron chi connectivity index (χ2n) is 4.24. The van der Waals surface area contributed by atoms with E-state index in [1.807, 2.05) is 6.92 Å². The zero-order valence-electron chi connectivity index (χ0n) is 10.5. The Balaban J connectivity index is 2.51. The molecule has 0 amide bonds. The molecule has 0 saturated carbocycles. The van der Waals surface area contributed by atoms with Crippen molar-refractivity contribution in [3.63, 3.8) is 0 Å². The second kappa shape index (κ2) is 5.32. The first kappa shape index (κ1) is 14.7. The molecule has 0 aliphatic heterocycles. The molecule has 0 spiro atoms. The number of rotatable bonds is 2. The fourth-order valence-electron chi connectivity index (χ4n) is 1.83. The molecule has 20 heavy (non-hydrogen) atoms. The van der Waals surface area contributed by atoms with E-state index in [4.69, 9.17) is 11.6 Å². The van der Waals surface area contributed by atoms with E-state index >= 15 is 0 Å². The summed E-state index contributed by atoms with van der Waals surface area (Å²) in [6.45, 7) is 1.83. The molecule has 0 atom stereocenters. The van der Waals surface area contributed by atoms with Gasteiger partial charge >= 0.3 is 6.18 Å². The first-order valence-corrected chi connectivity index (χ1v) is 6.25. The summed E-state index contributed by atoms with van der Waals surface area (Å²) >= 11 is 5.56. The van der Waals surface area contributed by atoms with Crippen LogP contribution in [-0.4, -0.2) is 10.1 Å². The van der Waals surface area contributed by atoms with Gasteiger partial charge in [-0.15, -0.1) is 0 Å². The van der Waals surface area contributed by atoms with Crippen molar-refractivity contribution >= 4 is 11.6 Å². The van der Waals surface area contributed by atoms with E-state index < -0.39 is 11.7 Å². The Morgan fingerprint density at radius 1 is 1.20 bits per heavy atom. The minimum Gasteiger partial charge on any atom is -0.506 e. The van der Waals surface area contributed by atoms with Crippen molar-refractivity contribution in [2.24, 2.45) is 0 Å². The third-order valence-corrected chi connectivity index (χ3v) is 3.22. The van der Waals surface area contributed by atoms with Gasteiger partial charge in [-0.25, -0.2) is 0 Å². The van der Waals surface area contributed by atoms with E-state index in [-0.39, 0.29) is 10.8 Å². The first-order chi connectivity index (χ1) is 9.32. The number of alkyl halides is 3. The SMILES string of the molecule is CCc1ncc(-c2ccc(Cl)c(C(F)(F)F)c2)cc1O. The fourth-order valence-corrected chi connectivity index (χ4v) is 2.06. The number of aromatic hydroxyl groups is 1. The van der Waals surface area contributed by atoms with Crippen LogP contribution in [0.25, 0.3) is 11.1 Å². The van der Waals surface area contributed by atoms with Crippen molar-refractivity contribution in [3.8, 4) is 16.9 Å². The van der Waals surface area contributed by atoms with Crippen LogP contribution in [0.2, 0.25) is 5.02 Å². The summed E-state index contributed by atoms with van der Waals surface area (Å²) in [5, 5.41) is 9.37. The van der Waals surface area contributed by atoms with Gasteiger partial charge in [0, 0.05) is 11.8 Å². The Morgan fingerprint density at radius 2 is 1.90 bits per heavy atom. The maximum absolute atomic E-state index is 12.8. The summed E-state index contributed by atoms with van der Waals surface area (Å²) in [6, 6.07) is 4.99. The van der Waals surface area contributed by atoms with Crippen LogP contribution in [0, 0.1) is 0 Å². The van der Waals surface area contributed by atoms with Gasteiger partial charge in [-0.1, -0.05) is 24.6 Å². The van der Waals surface area contributed by atoms with Gasteiger partial charge in [0.2, 0.25) is 0 Å². The van der Waals surface area contributed by atoms with Crippen molar-refractivity contribution < 1.29 is 18.3 Å². The van der Waals surface area contributed by atoms with Gasteiger partial charge in [0.05, 0.1) is 16.3 Å². The van der Waals surface area contributed by atoms with E-state index in [1.54, 1.807) is 0 Å². The first-order valence-electron chi connectivity index (χ1n) is 5.88. The Hall–Kier alpha value is -1.75. The van der Waals surface area contributed by atoms with E-state index in [0.29, 0.717) is 23.2 Å². The molecular weight excluding hydrogens is 291 g/mol. The van der Waals surface area contributed by atoms with Crippen LogP contribution in [0.4, 0.5) is 13.2 Å². The highest BCUT2D eigenvalue weighted by molar-refractivity contribution is 6.31. The zero-order chi connectivity index (χ0) is 14.9. The smallest absolute Gasteiger partial charge is 0.417 e. The minimum atomic E-state index is -4.52. The summed E-state index contributed by atoms with van der Waals surface area (Å²) in [4.78, 5) is 4.02. The van der Waals surface area contributed by atoms with Crippen LogP contribution < -0.4 is 0 Å². The maximum Gasteiger partial charge on any atom is 0.417 e. The molecule has 0 saturated heterocycles. The van der Waals surface area contributed by atoms with Gasteiger partial charge in [-0.05, 0) is 30.2 Å². The van der Waals surface area contributed by atoms with Gasteiger partial charge in [0.15, 0.2) is 0 Å². The highest BCUT2D eigenvalue weighted by Crippen LogP contribution is 2.37. The van der Waals surface area contributed by atoms with Crippen LogP contribution in [0.15, 0.2) is 30.5 Å². The number of hydrogen-bond donors (Lipinski definition) is 1. The zero-order valence-corrected chi connectivity index (χ0v) is 11.3. The number of pyridine rings is 1. The van der Waals surface area contributed by atoms with Crippen molar-refractivity contribution in [3.05, 3.63) is 46.7 Å². The third kappa shape index (κ3) is 2.88. The highest BCUT2D eigenvalue weighted by atomic mass is 35.5. The van der Waals surface area contributed by atoms with Crippen LogP contribution in [0.1, 0.15) is 18.2 Å². The lowest BCUT2D eigenvalue weighted by molar-refractivity contribution is -0.137. The summed E-state index contributed by atoms with van der Waals surface area (Å²) < 4.78 is 38.4. The van der Waals surface area contributed by atoms with Gasteiger partial charge in [-0.3, -0.25) is 4.98 Å². The predicted octanol–water partition coefficient (Wildman–Crippen LogP) is 4.69. The van der Waals surface area contributed by atoms with E-state index in [0.717, 1.165) is 6.07 Å². The number of nitrogens with zero attached hydrogens (tertiary/aromatic N) is 1. The molecule has 0 bridgehead atoms. The number of aryl methyl sites for hydroxylation is 1. The van der Waals surface area contributed by atoms with Crippen molar-refractivity contribution in [1.29, 1.82) is 0 Å². The van der Waals surface area contributed by atoms with Crippen LogP contribution in [-0.2, 0) is 12.6 Å². The van der Waals surface area contributed by atoms with Crippen molar-refractivity contribution in [2.75, 3.05) is 0 Å². The van der Waals surface area contributed by atoms with Crippen LogP contribution >= 0.6 is 11.6 Å². The molecule has 0 fully saturated rings. The molecule has 1 aromatic heterocycles. The lowest BCUT2D eigenvalue weighted by Crippen LogP contribution is -2.06. The number of aromatic nitrogens is 1. The molecule has 2 rings (SSSR count). The Labute approximate surface area is 118 Å². The van der Waals surface area contributed by atoms with E-state index in [9.17, 15) is 18.3 Å². The molecular formula is C14H11ClF3NO. The fraction of sp³-hybridized carbons (Fsp3) is 0.214. The standard InChI is InChI=1S/C14H11ClF3NO/c1-2-12-13(20)6-9(7-19-12)8-3-4-11(15)10(5-8)14(16,17)18/h3-7,20H,2H2,1H3. The Bertz CT molecular complexity index is 641. The molecule has 1 aromatic carbocycles. The molecule has 0 radical (unpaired) electrons. The molecule has 6 heteroatoms. The van der Waals surface area contributed by atoms with Gasteiger partial charge in [0.1, 0.15) is 5.75 Å². The molecule has 1 heterocycles. The summed E-state index contributed by atoms with van der Waals surface area (Å²) in [5.74, 6) is -0.0338. The number of benzene rings is 1. The highest BCUT2D eigenvalue weighted by Gasteiger charge is 2.33. The molecule has 0 aliphatic rings. The third-order valence-electron chi connectivity index (χ3n) is 2.89. The molecule has 1 N–H and O–H groups in total. The summed E-state index contributed by atoms with van der Waals surface area (Å²) in [7, 11) is 0. The molecule has 2 nitrogen and oxygen atoms in total. The molecule has 106 valence electrons. The lowest BCUT2D eigenvalue weighted by atomic mass is 10.0. The average molecular weight is 302 g/mol. The number of hydrogen-bond acceptors (Lipinski definition) is 2. The molecule has 0 aliphatic carbocycles. The van der Waals surface area contributed by atoms with Crippen LogP contribution in [0.3, 0.4) is 0 Å². The molecule has 2 aromatic rings. The van der Waals surface area contributed by atoms with Gasteiger partial charge in [-0.2, -0.15) is 13.2 Å². The number of halogens is 4. The quantitative estimate of drug-likeness (QED) is 0.873. The van der Waals surface area contributed by atoms with Gasteiger partial charge < -0.3 is 5.11 Å². The summed E-state index contributed by atoms with van der Waals surface area (Å²) in [5.41, 5.74) is 0.295. The van der Waals surface area contributed by atoms with Gasteiger partial charge in [0.25, 0.3) is 0 Å². The normalized spacial score (nSPS) is 11.7. The Morgan fingerprint density at radius 3 is 2.45 bits per heavy atom. The van der Waals surface area contributed by atoms with E-state index in [1.165, 1.54) is 24.4 Å². The Kier molecular flexibility index (Phi) is 3.90. The topological polar surface area (TPSA) is 33.1 Å². The average Bonchev–Trinajstić information content (AvgIpc) is 2.37. The summed E-state index contributed by atoms with van der Waals surface area (Å²) in [6.07, 6.45) is -2.55.